The van der Waals surface area contributed by atoms with E-state index in [1.807, 2.05) is 48.5 Å². The summed E-state index contributed by atoms with van der Waals surface area (Å²) in [6.07, 6.45) is 1.51. The Bertz CT molecular complexity index is 989. The SMILES string of the molecule is O=C(Nc1ccccc1N1CCOCC1)c1ccc(Oc2cccc(Br)c2)nc1. The van der Waals surface area contributed by atoms with Gasteiger partial charge in [-0.15, -0.1) is 0 Å². The van der Waals surface area contributed by atoms with Gasteiger partial charge in [0, 0.05) is 29.8 Å². The van der Waals surface area contributed by atoms with Crippen molar-refractivity contribution in [3.8, 4) is 11.6 Å². The van der Waals surface area contributed by atoms with Crippen molar-refractivity contribution in [1.82, 2.24) is 4.98 Å². The maximum Gasteiger partial charge on any atom is 0.257 e. The summed E-state index contributed by atoms with van der Waals surface area (Å²) in [4.78, 5) is 19.2. The van der Waals surface area contributed by atoms with E-state index in [0.29, 0.717) is 30.4 Å². The molecule has 1 N–H and O–H groups in total. The number of nitrogens with zero attached hydrogens (tertiary/aromatic N) is 2. The third kappa shape index (κ3) is 4.93. The minimum absolute atomic E-state index is 0.216. The maximum absolute atomic E-state index is 12.7. The number of amides is 1. The molecule has 1 aliphatic rings. The minimum atomic E-state index is -0.216. The number of rotatable bonds is 5. The molecule has 148 valence electrons. The van der Waals surface area contributed by atoms with Gasteiger partial charge in [-0.05, 0) is 36.4 Å². The molecule has 2 aromatic carbocycles. The van der Waals surface area contributed by atoms with Crippen LogP contribution < -0.4 is 15.0 Å². The quantitative estimate of drug-likeness (QED) is 0.604. The summed E-state index contributed by atoms with van der Waals surface area (Å²) in [6.45, 7) is 2.98. The second-order valence-electron chi connectivity index (χ2n) is 6.52. The van der Waals surface area contributed by atoms with E-state index in [9.17, 15) is 4.79 Å². The summed E-state index contributed by atoms with van der Waals surface area (Å²) in [5.41, 5.74) is 2.23. The average molecular weight is 454 g/mol. The Balaban J connectivity index is 1.45. The van der Waals surface area contributed by atoms with Crippen LogP contribution in [0.1, 0.15) is 10.4 Å². The van der Waals surface area contributed by atoms with Gasteiger partial charge in [-0.1, -0.05) is 34.1 Å². The van der Waals surface area contributed by atoms with Crippen molar-refractivity contribution >= 4 is 33.2 Å². The molecule has 3 aromatic rings. The van der Waals surface area contributed by atoms with Gasteiger partial charge in [0.1, 0.15) is 5.75 Å². The summed E-state index contributed by atoms with van der Waals surface area (Å²) in [5, 5.41) is 2.99. The molecule has 1 saturated heterocycles. The number of hydrogen-bond donors (Lipinski definition) is 1. The number of aromatic nitrogens is 1. The number of benzene rings is 2. The monoisotopic (exact) mass is 453 g/mol. The zero-order chi connectivity index (χ0) is 20.1. The molecule has 0 unspecified atom stereocenters. The molecule has 0 saturated carbocycles. The molecule has 0 aliphatic carbocycles. The molecular weight excluding hydrogens is 434 g/mol. The molecule has 0 spiro atoms. The predicted octanol–water partition coefficient (Wildman–Crippen LogP) is 4.73. The zero-order valence-corrected chi connectivity index (χ0v) is 17.3. The van der Waals surface area contributed by atoms with Crippen molar-refractivity contribution in [2.75, 3.05) is 36.5 Å². The highest BCUT2D eigenvalue weighted by atomic mass is 79.9. The Morgan fingerprint density at radius 1 is 1.07 bits per heavy atom. The second-order valence-corrected chi connectivity index (χ2v) is 7.43. The largest absolute Gasteiger partial charge is 0.439 e. The zero-order valence-electron chi connectivity index (χ0n) is 15.7. The normalized spacial score (nSPS) is 13.8. The van der Waals surface area contributed by atoms with Gasteiger partial charge in [0.25, 0.3) is 5.91 Å². The Kier molecular flexibility index (Phi) is 6.07. The van der Waals surface area contributed by atoms with Crippen molar-refractivity contribution in [2.45, 2.75) is 0 Å². The lowest BCUT2D eigenvalue weighted by Gasteiger charge is -2.30. The van der Waals surface area contributed by atoms with Crippen molar-refractivity contribution in [2.24, 2.45) is 0 Å². The van der Waals surface area contributed by atoms with Gasteiger partial charge < -0.3 is 19.7 Å². The van der Waals surface area contributed by atoms with Gasteiger partial charge in [0.15, 0.2) is 0 Å². The molecule has 1 aliphatic heterocycles. The highest BCUT2D eigenvalue weighted by Crippen LogP contribution is 2.27. The number of halogens is 1. The number of hydrogen-bond acceptors (Lipinski definition) is 5. The van der Waals surface area contributed by atoms with Gasteiger partial charge in [-0.2, -0.15) is 0 Å². The van der Waals surface area contributed by atoms with E-state index in [1.54, 1.807) is 12.1 Å². The molecule has 0 bridgehead atoms. The van der Waals surface area contributed by atoms with Gasteiger partial charge in [0.05, 0.1) is 30.2 Å². The Morgan fingerprint density at radius 2 is 1.90 bits per heavy atom. The summed E-state index contributed by atoms with van der Waals surface area (Å²) in [7, 11) is 0. The number of anilines is 2. The van der Waals surface area contributed by atoms with E-state index in [4.69, 9.17) is 9.47 Å². The summed E-state index contributed by atoms with van der Waals surface area (Å²) in [6, 6.07) is 18.7. The summed E-state index contributed by atoms with van der Waals surface area (Å²) < 4.78 is 12.1. The van der Waals surface area contributed by atoms with Crippen molar-refractivity contribution in [3.63, 3.8) is 0 Å². The number of ether oxygens (including phenoxy) is 2. The molecule has 1 aromatic heterocycles. The van der Waals surface area contributed by atoms with Gasteiger partial charge >= 0.3 is 0 Å². The second kappa shape index (κ2) is 9.07. The average Bonchev–Trinajstić information content (AvgIpc) is 2.75. The lowest BCUT2D eigenvalue weighted by Crippen LogP contribution is -2.36. The fourth-order valence-electron chi connectivity index (χ4n) is 3.08. The predicted molar refractivity (Wildman–Crippen MR) is 116 cm³/mol. The lowest BCUT2D eigenvalue weighted by atomic mass is 10.2. The molecule has 0 atom stereocenters. The molecule has 29 heavy (non-hydrogen) atoms. The van der Waals surface area contributed by atoms with Crippen LogP contribution in [-0.2, 0) is 4.74 Å². The highest BCUT2D eigenvalue weighted by Gasteiger charge is 2.16. The Morgan fingerprint density at radius 3 is 2.66 bits per heavy atom. The summed E-state index contributed by atoms with van der Waals surface area (Å²) >= 11 is 3.41. The van der Waals surface area contributed by atoms with E-state index in [0.717, 1.165) is 28.9 Å². The van der Waals surface area contributed by atoms with E-state index < -0.39 is 0 Å². The number of pyridine rings is 1. The van der Waals surface area contributed by atoms with E-state index in [2.05, 4.69) is 31.1 Å². The number of nitrogens with one attached hydrogen (secondary N) is 1. The molecule has 2 heterocycles. The van der Waals surface area contributed by atoms with Crippen molar-refractivity contribution < 1.29 is 14.3 Å². The highest BCUT2D eigenvalue weighted by molar-refractivity contribution is 9.10. The topological polar surface area (TPSA) is 63.7 Å². The molecule has 0 radical (unpaired) electrons. The van der Waals surface area contributed by atoms with Crippen LogP contribution in [-0.4, -0.2) is 37.2 Å². The van der Waals surface area contributed by atoms with Crippen LogP contribution in [0.3, 0.4) is 0 Å². The molecular formula is C22H20BrN3O3. The minimum Gasteiger partial charge on any atom is -0.439 e. The van der Waals surface area contributed by atoms with Crippen LogP contribution in [0.15, 0.2) is 71.3 Å². The van der Waals surface area contributed by atoms with Crippen LogP contribution in [0.2, 0.25) is 0 Å². The van der Waals surface area contributed by atoms with Gasteiger partial charge in [-0.25, -0.2) is 4.98 Å². The molecule has 1 amide bonds. The van der Waals surface area contributed by atoms with Gasteiger partial charge in [0.2, 0.25) is 5.88 Å². The summed E-state index contributed by atoms with van der Waals surface area (Å²) in [5.74, 6) is 0.879. The van der Waals surface area contributed by atoms with Gasteiger partial charge in [-0.3, -0.25) is 4.79 Å². The molecule has 4 rings (SSSR count). The Labute approximate surface area is 177 Å². The van der Waals surface area contributed by atoms with Crippen molar-refractivity contribution in [3.05, 3.63) is 76.9 Å². The van der Waals surface area contributed by atoms with Crippen LogP contribution in [0, 0.1) is 0 Å². The van der Waals surface area contributed by atoms with E-state index in [1.165, 1.54) is 6.20 Å². The smallest absolute Gasteiger partial charge is 0.257 e. The first-order valence-corrected chi connectivity index (χ1v) is 10.1. The van der Waals surface area contributed by atoms with Crippen LogP contribution in [0.5, 0.6) is 11.6 Å². The Hall–Kier alpha value is -2.90. The number of para-hydroxylation sites is 2. The maximum atomic E-state index is 12.7. The number of carbonyl (C=O) groups excluding carboxylic acids is 1. The lowest BCUT2D eigenvalue weighted by molar-refractivity contribution is 0.102. The molecule has 6 nitrogen and oxygen atoms in total. The molecule has 1 fully saturated rings. The third-order valence-electron chi connectivity index (χ3n) is 4.52. The van der Waals surface area contributed by atoms with Crippen LogP contribution in [0.25, 0.3) is 0 Å². The van der Waals surface area contributed by atoms with E-state index >= 15 is 0 Å². The van der Waals surface area contributed by atoms with E-state index in [-0.39, 0.29) is 5.91 Å². The fraction of sp³-hybridized carbons (Fsp3) is 0.182. The molecule has 7 heteroatoms. The standard InChI is InChI=1S/C22H20BrN3O3/c23-17-4-3-5-18(14-17)29-21-9-8-16(15-24-21)22(27)25-19-6-1-2-7-20(19)26-10-12-28-13-11-26/h1-9,14-15H,10-13H2,(H,25,27). The van der Waals surface area contributed by atoms with Crippen LogP contribution in [0.4, 0.5) is 11.4 Å². The third-order valence-corrected chi connectivity index (χ3v) is 5.01. The van der Waals surface area contributed by atoms with Crippen LogP contribution >= 0.6 is 15.9 Å². The number of morpholine rings is 1. The first-order chi connectivity index (χ1) is 14.2. The van der Waals surface area contributed by atoms with Crippen molar-refractivity contribution in [1.29, 1.82) is 0 Å². The number of carbonyl (C=O) groups is 1. The first-order valence-electron chi connectivity index (χ1n) is 9.31. The fourth-order valence-corrected chi connectivity index (χ4v) is 3.46. The first kappa shape index (κ1) is 19.4.